The molecule has 0 aromatic heterocycles. The number of aryl methyl sites for hydroxylation is 1. The van der Waals surface area contributed by atoms with Crippen molar-refractivity contribution in [1.29, 1.82) is 0 Å². The molecule has 0 amide bonds. The van der Waals surface area contributed by atoms with Crippen LogP contribution in [-0.2, 0) is 14.3 Å². The number of esters is 1. The third-order valence-corrected chi connectivity index (χ3v) is 2.68. The van der Waals surface area contributed by atoms with Gasteiger partial charge in [0.2, 0.25) is 0 Å². The monoisotopic (exact) mass is 252 g/mol. The Balaban J connectivity index is 2.50. The molecule has 1 aromatic rings. The van der Waals surface area contributed by atoms with Gasteiger partial charge in [0.25, 0.3) is 0 Å². The fourth-order valence-electron chi connectivity index (χ4n) is 1.53. The molecule has 0 saturated heterocycles. The van der Waals surface area contributed by atoms with E-state index < -0.39 is 0 Å². The normalized spacial score (nSPS) is 11.9. The summed E-state index contributed by atoms with van der Waals surface area (Å²) in [5.41, 5.74) is 1.17. The van der Waals surface area contributed by atoms with Crippen molar-refractivity contribution in [2.45, 2.75) is 13.3 Å². The second-order valence-corrected chi connectivity index (χ2v) is 4.13. The molecule has 4 heteroatoms. The predicted molar refractivity (Wildman–Crippen MR) is 68.7 cm³/mol. The highest BCUT2D eigenvalue weighted by Crippen LogP contribution is 2.14. The largest absolute Gasteiger partial charge is 0.493 e. The van der Waals surface area contributed by atoms with Crippen LogP contribution < -0.4 is 4.74 Å². The Morgan fingerprint density at radius 3 is 2.44 bits per heavy atom. The van der Waals surface area contributed by atoms with Gasteiger partial charge in [-0.1, -0.05) is 17.7 Å². The second-order valence-electron chi connectivity index (χ2n) is 4.13. The van der Waals surface area contributed by atoms with Crippen molar-refractivity contribution >= 4 is 5.97 Å². The fourth-order valence-corrected chi connectivity index (χ4v) is 1.53. The summed E-state index contributed by atoms with van der Waals surface area (Å²) in [6.45, 7) is 2.83. The van der Waals surface area contributed by atoms with E-state index in [0.717, 1.165) is 5.75 Å². The zero-order valence-electron chi connectivity index (χ0n) is 11.1. The molecule has 18 heavy (non-hydrogen) atoms. The van der Waals surface area contributed by atoms with Crippen LogP contribution in [0.15, 0.2) is 24.3 Å². The molecule has 0 bridgehead atoms. The van der Waals surface area contributed by atoms with E-state index in [4.69, 9.17) is 14.2 Å². The van der Waals surface area contributed by atoms with Gasteiger partial charge in [-0.05, 0) is 25.5 Å². The minimum atomic E-state index is -0.295. The number of benzene rings is 1. The van der Waals surface area contributed by atoms with Gasteiger partial charge in [-0.15, -0.1) is 0 Å². The summed E-state index contributed by atoms with van der Waals surface area (Å²) < 4.78 is 15.3. The first-order valence-electron chi connectivity index (χ1n) is 5.93. The highest BCUT2D eigenvalue weighted by Gasteiger charge is 2.19. The van der Waals surface area contributed by atoms with Gasteiger partial charge in [-0.2, -0.15) is 0 Å². The Labute approximate surface area is 108 Å². The van der Waals surface area contributed by atoms with E-state index in [1.54, 1.807) is 7.11 Å². The van der Waals surface area contributed by atoms with Gasteiger partial charge in [0, 0.05) is 13.7 Å². The maximum atomic E-state index is 11.5. The highest BCUT2D eigenvalue weighted by atomic mass is 16.5. The van der Waals surface area contributed by atoms with Crippen molar-refractivity contribution in [2.75, 3.05) is 27.4 Å². The number of methoxy groups -OCH3 is 2. The number of ether oxygens (including phenoxy) is 3. The summed E-state index contributed by atoms with van der Waals surface area (Å²) >= 11 is 0. The van der Waals surface area contributed by atoms with Gasteiger partial charge in [0.1, 0.15) is 12.4 Å². The molecule has 0 spiro atoms. The molecular formula is C14H20O4. The number of carbonyl (C=O) groups excluding carboxylic acids is 1. The maximum Gasteiger partial charge on any atom is 0.312 e. The van der Waals surface area contributed by atoms with Crippen molar-refractivity contribution in [3.05, 3.63) is 29.8 Å². The minimum absolute atomic E-state index is 0.265. The van der Waals surface area contributed by atoms with Crippen LogP contribution in [0.4, 0.5) is 0 Å². The molecule has 1 aromatic carbocycles. The average Bonchev–Trinajstić information content (AvgIpc) is 2.40. The smallest absolute Gasteiger partial charge is 0.312 e. The molecule has 0 saturated carbocycles. The molecule has 0 heterocycles. The van der Waals surface area contributed by atoms with Crippen LogP contribution >= 0.6 is 0 Å². The molecule has 4 nitrogen and oxygen atoms in total. The summed E-state index contributed by atoms with van der Waals surface area (Å²) in [6, 6.07) is 7.72. The van der Waals surface area contributed by atoms with Gasteiger partial charge in [-0.25, -0.2) is 0 Å². The third kappa shape index (κ3) is 4.75. The highest BCUT2D eigenvalue weighted by molar-refractivity contribution is 5.72. The molecular weight excluding hydrogens is 232 g/mol. The quantitative estimate of drug-likeness (QED) is 0.698. The van der Waals surface area contributed by atoms with Crippen LogP contribution in [0.5, 0.6) is 5.75 Å². The fraction of sp³-hybridized carbons (Fsp3) is 0.500. The molecule has 1 rings (SSSR count). The SMILES string of the molecule is COCCC(COc1ccc(C)cc1)C(=O)OC. The van der Waals surface area contributed by atoms with E-state index >= 15 is 0 Å². The average molecular weight is 252 g/mol. The van der Waals surface area contributed by atoms with Crippen molar-refractivity contribution in [3.63, 3.8) is 0 Å². The van der Waals surface area contributed by atoms with Crippen LogP contribution in [0.1, 0.15) is 12.0 Å². The van der Waals surface area contributed by atoms with Crippen molar-refractivity contribution in [1.82, 2.24) is 0 Å². The standard InChI is InChI=1S/C14H20O4/c1-11-4-6-13(7-5-11)18-10-12(8-9-16-2)14(15)17-3/h4-7,12H,8-10H2,1-3H3. The van der Waals surface area contributed by atoms with E-state index in [0.29, 0.717) is 19.6 Å². The van der Waals surface area contributed by atoms with E-state index in [2.05, 4.69) is 0 Å². The molecule has 1 atom stereocenters. The summed E-state index contributed by atoms with van der Waals surface area (Å²) in [5, 5.41) is 0. The van der Waals surface area contributed by atoms with Crippen LogP contribution in [0.2, 0.25) is 0 Å². The Bertz CT molecular complexity index is 359. The summed E-state index contributed by atoms with van der Waals surface area (Å²) in [5.74, 6) is 0.197. The third-order valence-electron chi connectivity index (χ3n) is 2.68. The zero-order chi connectivity index (χ0) is 13.4. The van der Waals surface area contributed by atoms with E-state index in [-0.39, 0.29) is 11.9 Å². The molecule has 0 aliphatic carbocycles. The van der Waals surface area contributed by atoms with Crippen molar-refractivity contribution in [3.8, 4) is 5.75 Å². The lowest BCUT2D eigenvalue weighted by atomic mass is 10.1. The van der Waals surface area contributed by atoms with Crippen molar-refractivity contribution < 1.29 is 19.0 Å². The van der Waals surface area contributed by atoms with Crippen LogP contribution in [-0.4, -0.2) is 33.4 Å². The Hall–Kier alpha value is -1.55. The van der Waals surface area contributed by atoms with E-state index in [1.807, 2.05) is 31.2 Å². The first kappa shape index (κ1) is 14.5. The summed E-state index contributed by atoms with van der Waals surface area (Å²) in [4.78, 5) is 11.5. The van der Waals surface area contributed by atoms with Gasteiger partial charge in [0.15, 0.2) is 0 Å². The number of carbonyl (C=O) groups is 1. The molecule has 0 aliphatic heterocycles. The van der Waals surface area contributed by atoms with E-state index in [1.165, 1.54) is 12.7 Å². The lowest BCUT2D eigenvalue weighted by Gasteiger charge is -2.15. The maximum absolute atomic E-state index is 11.5. The van der Waals surface area contributed by atoms with Gasteiger partial charge in [0.05, 0.1) is 13.0 Å². The molecule has 100 valence electrons. The summed E-state index contributed by atoms with van der Waals surface area (Å²) in [7, 11) is 2.99. The van der Waals surface area contributed by atoms with Gasteiger partial charge < -0.3 is 14.2 Å². The Morgan fingerprint density at radius 1 is 1.22 bits per heavy atom. The topological polar surface area (TPSA) is 44.8 Å². The number of rotatable bonds is 7. The Kier molecular flexibility index (Phi) is 6.22. The molecule has 0 aliphatic rings. The first-order valence-corrected chi connectivity index (χ1v) is 5.93. The molecule has 1 unspecified atom stereocenters. The summed E-state index contributed by atoms with van der Waals surface area (Å²) in [6.07, 6.45) is 0.592. The molecule has 0 N–H and O–H groups in total. The first-order chi connectivity index (χ1) is 8.67. The second kappa shape index (κ2) is 7.71. The van der Waals surface area contributed by atoms with Crippen molar-refractivity contribution in [2.24, 2.45) is 5.92 Å². The van der Waals surface area contributed by atoms with Gasteiger partial charge in [-0.3, -0.25) is 4.79 Å². The number of hydrogen-bond donors (Lipinski definition) is 0. The van der Waals surface area contributed by atoms with Crippen LogP contribution in [0.3, 0.4) is 0 Å². The lowest BCUT2D eigenvalue weighted by Crippen LogP contribution is -2.24. The predicted octanol–water partition coefficient (Wildman–Crippen LogP) is 2.20. The molecule has 0 radical (unpaired) electrons. The van der Waals surface area contributed by atoms with Crippen LogP contribution in [0, 0.1) is 12.8 Å². The van der Waals surface area contributed by atoms with E-state index in [9.17, 15) is 4.79 Å². The van der Waals surface area contributed by atoms with Gasteiger partial charge >= 0.3 is 5.97 Å². The lowest BCUT2D eigenvalue weighted by molar-refractivity contribution is -0.147. The number of hydrogen-bond acceptors (Lipinski definition) is 4. The minimum Gasteiger partial charge on any atom is -0.493 e. The zero-order valence-corrected chi connectivity index (χ0v) is 11.1. The van der Waals surface area contributed by atoms with Crippen LogP contribution in [0.25, 0.3) is 0 Å². The Morgan fingerprint density at radius 2 is 1.89 bits per heavy atom. The molecule has 0 fully saturated rings.